The normalized spacial score (nSPS) is 33.1. The molecule has 0 aromatic heterocycles. The largest absolute Gasteiger partial charge is 0.465 e. The SMILES string of the molecule is CCOC(=O)[C@@]1(CO)CC1CO. The number of aliphatic hydroxyl groups excluding tert-OH is 2. The summed E-state index contributed by atoms with van der Waals surface area (Å²) in [7, 11) is 0. The highest BCUT2D eigenvalue weighted by molar-refractivity contribution is 5.80. The number of aliphatic hydroxyl groups is 2. The minimum Gasteiger partial charge on any atom is -0.465 e. The van der Waals surface area contributed by atoms with Gasteiger partial charge in [-0.15, -0.1) is 0 Å². The first-order chi connectivity index (χ1) is 5.71. The van der Waals surface area contributed by atoms with Gasteiger partial charge < -0.3 is 14.9 Å². The molecular weight excluding hydrogens is 160 g/mol. The zero-order valence-corrected chi connectivity index (χ0v) is 7.12. The van der Waals surface area contributed by atoms with Crippen molar-refractivity contribution in [1.29, 1.82) is 0 Å². The Morgan fingerprint density at radius 1 is 1.67 bits per heavy atom. The third-order valence-corrected chi connectivity index (χ3v) is 2.42. The maximum absolute atomic E-state index is 11.2. The van der Waals surface area contributed by atoms with Gasteiger partial charge in [-0.1, -0.05) is 0 Å². The van der Waals surface area contributed by atoms with Crippen molar-refractivity contribution in [1.82, 2.24) is 0 Å². The Kier molecular flexibility index (Phi) is 2.69. The van der Waals surface area contributed by atoms with Crippen LogP contribution in [0.15, 0.2) is 0 Å². The molecule has 1 aliphatic rings. The molecule has 1 fully saturated rings. The van der Waals surface area contributed by atoms with Crippen LogP contribution in [0.4, 0.5) is 0 Å². The minimum absolute atomic E-state index is 0.0562. The van der Waals surface area contributed by atoms with E-state index in [-0.39, 0.29) is 25.1 Å². The molecule has 2 N–H and O–H groups in total. The molecule has 0 radical (unpaired) electrons. The first kappa shape index (κ1) is 9.48. The van der Waals surface area contributed by atoms with Crippen LogP contribution in [0.1, 0.15) is 13.3 Å². The van der Waals surface area contributed by atoms with Crippen LogP contribution in [0.2, 0.25) is 0 Å². The van der Waals surface area contributed by atoms with E-state index >= 15 is 0 Å². The number of hydrogen-bond donors (Lipinski definition) is 2. The van der Waals surface area contributed by atoms with Gasteiger partial charge in [0, 0.05) is 12.5 Å². The van der Waals surface area contributed by atoms with Gasteiger partial charge in [0.15, 0.2) is 0 Å². The maximum Gasteiger partial charge on any atom is 0.314 e. The Morgan fingerprint density at radius 3 is 2.67 bits per heavy atom. The monoisotopic (exact) mass is 174 g/mol. The molecule has 12 heavy (non-hydrogen) atoms. The molecule has 1 unspecified atom stereocenters. The standard InChI is InChI=1S/C8H14O4/c1-2-12-7(11)8(5-10)3-6(8)4-9/h6,9-10H,2-5H2,1H3/t6?,8-/m1/s1. The predicted molar refractivity (Wildman–Crippen MR) is 41.3 cm³/mol. The molecule has 70 valence electrons. The molecule has 0 aromatic rings. The van der Waals surface area contributed by atoms with Gasteiger partial charge in [0.1, 0.15) is 0 Å². The lowest BCUT2D eigenvalue weighted by molar-refractivity contribution is -0.152. The van der Waals surface area contributed by atoms with Crippen molar-refractivity contribution in [3.63, 3.8) is 0 Å². The minimum atomic E-state index is -0.787. The summed E-state index contributed by atoms with van der Waals surface area (Å²) in [6.07, 6.45) is 0.541. The topological polar surface area (TPSA) is 66.8 Å². The average molecular weight is 174 g/mol. The van der Waals surface area contributed by atoms with E-state index in [0.29, 0.717) is 13.0 Å². The van der Waals surface area contributed by atoms with Crippen LogP contribution in [-0.2, 0) is 9.53 Å². The smallest absolute Gasteiger partial charge is 0.314 e. The van der Waals surface area contributed by atoms with E-state index in [1.54, 1.807) is 6.92 Å². The third kappa shape index (κ3) is 1.32. The molecule has 0 aliphatic heterocycles. The molecule has 0 aromatic carbocycles. The fourth-order valence-corrected chi connectivity index (χ4v) is 1.40. The van der Waals surface area contributed by atoms with E-state index in [2.05, 4.69) is 0 Å². The van der Waals surface area contributed by atoms with E-state index in [9.17, 15) is 4.79 Å². The summed E-state index contributed by atoms with van der Waals surface area (Å²) in [4.78, 5) is 11.2. The number of esters is 1. The number of hydrogen-bond acceptors (Lipinski definition) is 4. The van der Waals surface area contributed by atoms with Crippen LogP contribution in [0.5, 0.6) is 0 Å². The summed E-state index contributed by atoms with van der Waals surface area (Å²) in [5, 5.41) is 17.7. The molecule has 1 rings (SSSR count). The molecule has 4 nitrogen and oxygen atoms in total. The Morgan fingerprint density at radius 2 is 2.33 bits per heavy atom. The van der Waals surface area contributed by atoms with Gasteiger partial charge in [-0.3, -0.25) is 4.79 Å². The summed E-state index contributed by atoms with van der Waals surface area (Å²) in [5.74, 6) is -0.492. The number of rotatable bonds is 4. The predicted octanol–water partition coefficient (Wildman–Crippen LogP) is -0.460. The quantitative estimate of drug-likeness (QED) is 0.566. The Labute approximate surface area is 71.2 Å². The highest BCUT2D eigenvalue weighted by Gasteiger charge is 2.60. The van der Waals surface area contributed by atoms with Crippen LogP contribution in [0, 0.1) is 11.3 Å². The summed E-state index contributed by atoms with van der Waals surface area (Å²) in [6, 6.07) is 0. The Hall–Kier alpha value is -0.610. The summed E-state index contributed by atoms with van der Waals surface area (Å²) in [5.41, 5.74) is -0.787. The molecule has 0 amide bonds. The molecule has 0 bridgehead atoms. The second kappa shape index (κ2) is 3.41. The molecule has 1 saturated carbocycles. The van der Waals surface area contributed by atoms with Crippen LogP contribution in [0.25, 0.3) is 0 Å². The summed E-state index contributed by atoms with van der Waals surface area (Å²) in [6.45, 7) is 1.76. The van der Waals surface area contributed by atoms with Crippen molar-refractivity contribution in [3.05, 3.63) is 0 Å². The van der Waals surface area contributed by atoms with E-state index < -0.39 is 5.41 Å². The van der Waals surface area contributed by atoms with E-state index in [1.165, 1.54) is 0 Å². The van der Waals surface area contributed by atoms with Gasteiger partial charge >= 0.3 is 5.97 Å². The second-order valence-corrected chi connectivity index (χ2v) is 3.12. The van der Waals surface area contributed by atoms with Gasteiger partial charge in [-0.2, -0.15) is 0 Å². The number of carbonyl (C=O) groups excluding carboxylic acids is 1. The molecule has 1 aliphatic carbocycles. The van der Waals surface area contributed by atoms with Crippen LogP contribution in [0.3, 0.4) is 0 Å². The lowest BCUT2D eigenvalue weighted by Crippen LogP contribution is -2.25. The lowest BCUT2D eigenvalue weighted by atomic mass is 10.1. The van der Waals surface area contributed by atoms with Gasteiger partial charge in [0.2, 0.25) is 0 Å². The first-order valence-corrected chi connectivity index (χ1v) is 4.10. The van der Waals surface area contributed by atoms with Gasteiger partial charge in [-0.25, -0.2) is 0 Å². The van der Waals surface area contributed by atoms with Crippen molar-refractivity contribution in [2.75, 3.05) is 19.8 Å². The summed E-state index contributed by atoms with van der Waals surface area (Å²) >= 11 is 0. The van der Waals surface area contributed by atoms with Crippen molar-refractivity contribution in [2.24, 2.45) is 11.3 Å². The first-order valence-electron chi connectivity index (χ1n) is 4.10. The summed E-state index contributed by atoms with van der Waals surface area (Å²) < 4.78 is 4.78. The molecule has 4 heteroatoms. The second-order valence-electron chi connectivity index (χ2n) is 3.12. The molecule has 0 heterocycles. The van der Waals surface area contributed by atoms with Crippen molar-refractivity contribution < 1.29 is 19.7 Å². The van der Waals surface area contributed by atoms with E-state index in [4.69, 9.17) is 14.9 Å². The van der Waals surface area contributed by atoms with Crippen LogP contribution >= 0.6 is 0 Å². The van der Waals surface area contributed by atoms with Gasteiger partial charge in [0.05, 0.1) is 18.6 Å². The van der Waals surface area contributed by atoms with Crippen LogP contribution < -0.4 is 0 Å². The lowest BCUT2D eigenvalue weighted by Gasteiger charge is -2.11. The van der Waals surface area contributed by atoms with Crippen molar-refractivity contribution in [2.45, 2.75) is 13.3 Å². The molecule has 0 spiro atoms. The number of ether oxygens (including phenoxy) is 1. The van der Waals surface area contributed by atoms with E-state index in [1.807, 2.05) is 0 Å². The number of carbonyl (C=O) groups is 1. The fourth-order valence-electron chi connectivity index (χ4n) is 1.40. The third-order valence-electron chi connectivity index (χ3n) is 2.42. The van der Waals surface area contributed by atoms with E-state index in [0.717, 1.165) is 0 Å². The Bertz CT molecular complexity index is 180. The average Bonchev–Trinajstić information content (AvgIpc) is 2.80. The van der Waals surface area contributed by atoms with Crippen molar-refractivity contribution in [3.8, 4) is 0 Å². The zero-order valence-electron chi connectivity index (χ0n) is 7.12. The highest BCUT2D eigenvalue weighted by Crippen LogP contribution is 2.52. The molecule has 2 atom stereocenters. The Balaban J connectivity index is 2.53. The van der Waals surface area contributed by atoms with Crippen LogP contribution in [-0.4, -0.2) is 36.0 Å². The highest BCUT2D eigenvalue weighted by atomic mass is 16.5. The zero-order chi connectivity index (χ0) is 9.19. The van der Waals surface area contributed by atoms with Crippen molar-refractivity contribution >= 4 is 5.97 Å². The van der Waals surface area contributed by atoms with Gasteiger partial charge in [0.25, 0.3) is 0 Å². The molecular formula is C8H14O4. The fraction of sp³-hybridized carbons (Fsp3) is 0.875. The molecule has 0 saturated heterocycles. The van der Waals surface area contributed by atoms with Gasteiger partial charge in [-0.05, 0) is 13.3 Å². The maximum atomic E-state index is 11.2.